The Balaban J connectivity index is 6.03. The van der Waals surface area contributed by atoms with Crippen molar-refractivity contribution in [3.63, 3.8) is 0 Å². The molecule has 28 heavy (non-hydrogen) atoms. The molecule has 0 bridgehead atoms. The first-order chi connectivity index (χ1) is 12.2. The normalized spacial score (nSPS) is 16.9. The predicted octanol–water partition coefficient (Wildman–Crippen LogP) is 6.87. The summed E-state index contributed by atoms with van der Waals surface area (Å²) in [6, 6.07) is 0. The van der Waals surface area contributed by atoms with Gasteiger partial charge < -0.3 is 4.43 Å². The molecule has 0 rings (SSSR count). The average Bonchev–Trinajstić information content (AvgIpc) is 2.41. The van der Waals surface area contributed by atoms with Crippen LogP contribution in [0.1, 0.15) is 52.4 Å². The van der Waals surface area contributed by atoms with Crippen molar-refractivity contribution < 1.29 is 61.5 Å². The van der Waals surface area contributed by atoms with Crippen molar-refractivity contribution >= 4 is 8.56 Å². The van der Waals surface area contributed by atoms with Gasteiger partial charge in [-0.3, -0.25) is 4.43 Å². The summed E-state index contributed by atoms with van der Waals surface area (Å²) >= 11 is 0. The topological polar surface area (TPSA) is 18.5 Å². The molecule has 0 spiro atoms. The largest absolute Gasteiger partial charge is 0.548 e. The van der Waals surface area contributed by atoms with Gasteiger partial charge in [-0.25, -0.2) is 8.78 Å². The molecule has 0 aliphatic rings. The van der Waals surface area contributed by atoms with E-state index in [-0.39, 0.29) is 6.42 Å². The highest BCUT2D eigenvalue weighted by Gasteiger charge is 2.88. The lowest BCUT2D eigenvalue weighted by atomic mass is 10.1. The molecule has 0 saturated carbocycles. The van der Waals surface area contributed by atoms with Crippen LogP contribution in [-0.2, 0) is 8.85 Å². The van der Waals surface area contributed by atoms with Gasteiger partial charge in [0.1, 0.15) is 0 Å². The second-order valence-corrected chi connectivity index (χ2v) is 8.86. The van der Waals surface area contributed by atoms with Crippen LogP contribution in [0.2, 0.25) is 0 Å². The smallest absolute Gasteiger partial charge is 0.325 e. The Hall–Kier alpha value is -0.703. The fraction of sp³-hybridized carbons (Fsp3) is 1.00. The molecule has 0 saturated heterocycles. The molecule has 0 aromatic rings. The lowest BCUT2D eigenvalue weighted by Gasteiger charge is -2.41. The molecule has 0 aliphatic heterocycles. The third kappa shape index (κ3) is 6.97. The van der Waals surface area contributed by atoms with Crippen LogP contribution in [0, 0.1) is 0 Å². The lowest BCUT2D eigenvalue weighted by molar-refractivity contribution is -0.334. The zero-order chi connectivity index (χ0) is 22.7. The minimum atomic E-state index is -8.66. The highest BCUT2D eigenvalue weighted by molar-refractivity contribution is 6.72. The van der Waals surface area contributed by atoms with Crippen molar-refractivity contribution in [1.82, 2.24) is 0 Å². The maximum Gasteiger partial charge on any atom is 0.548 e. The van der Waals surface area contributed by atoms with Crippen LogP contribution in [0.5, 0.6) is 0 Å². The van der Waals surface area contributed by atoms with Gasteiger partial charge in [0.25, 0.3) is 0 Å². The fourth-order valence-corrected chi connectivity index (χ4v) is 4.40. The third-order valence-electron chi connectivity index (χ3n) is 3.46. The summed E-state index contributed by atoms with van der Waals surface area (Å²) in [5, 5.41) is 0. The molecule has 2 nitrogen and oxygen atoms in total. The maximum absolute atomic E-state index is 13.8. The SMILES string of the molecule is CCCCCCCC(F)(F)O[Si](OC(F)(F)F)(C(F)(F)F)C(F)(F)C(C)(F)F. The van der Waals surface area contributed by atoms with E-state index in [1.807, 2.05) is 0 Å². The van der Waals surface area contributed by atoms with Gasteiger partial charge in [0.05, 0.1) is 0 Å². The number of unbranched alkanes of at least 4 members (excludes halogenated alkanes) is 4. The van der Waals surface area contributed by atoms with E-state index in [4.69, 9.17) is 0 Å². The van der Waals surface area contributed by atoms with Gasteiger partial charge >= 0.3 is 38.3 Å². The lowest BCUT2D eigenvalue weighted by Crippen LogP contribution is -2.75. The van der Waals surface area contributed by atoms with Crippen molar-refractivity contribution in [3.8, 4) is 0 Å². The summed E-state index contributed by atoms with van der Waals surface area (Å²) in [5.74, 6) is -12.8. The van der Waals surface area contributed by atoms with Gasteiger partial charge in [0, 0.05) is 13.3 Å². The number of alkyl halides is 12. The highest BCUT2D eigenvalue weighted by Crippen LogP contribution is 2.53. The van der Waals surface area contributed by atoms with Gasteiger partial charge in [0.2, 0.25) is 0 Å². The molecule has 1 unspecified atom stereocenters. The molecule has 0 N–H and O–H groups in total. The molecule has 0 amide bonds. The van der Waals surface area contributed by atoms with Crippen molar-refractivity contribution in [3.05, 3.63) is 0 Å². The monoisotopic (exact) mass is 462 g/mol. The Bertz CT molecular complexity index is 485. The molecule has 1 atom stereocenters. The molecule has 0 radical (unpaired) electrons. The molecule has 15 heteroatoms. The van der Waals surface area contributed by atoms with Crippen LogP contribution in [0.15, 0.2) is 0 Å². The first kappa shape index (κ1) is 27.3. The van der Waals surface area contributed by atoms with E-state index in [0.717, 1.165) is 0 Å². The van der Waals surface area contributed by atoms with Gasteiger partial charge in [0.15, 0.2) is 0 Å². The van der Waals surface area contributed by atoms with E-state index in [0.29, 0.717) is 19.3 Å². The molecule has 170 valence electrons. The third-order valence-corrected chi connectivity index (χ3v) is 6.58. The Kier molecular flexibility index (Phi) is 8.75. The summed E-state index contributed by atoms with van der Waals surface area (Å²) in [7, 11) is -8.66. The summed E-state index contributed by atoms with van der Waals surface area (Å²) in [6.07, 6.45) is -12.6. The first-order valence-electron chi connectivity index (χ1n) is 7.89. The van der Waals surface area contributed by atoms with E-state index >= 15 is 0 Å². The number of hydrogen-bond donors (Lipinski definition) is 0. The van der Waals surface area contributed by atoms with E-state index in [1.54, 1.807) is 6.92 Å². The van der Waals surface area contributed by atoms with E-state index in [1.165, 1.54) is 0 Å². The molecule has 0 aromatic heterocycles. The second kappa shape index (κ2) is 8.98. The van der Waals surface area contributed by atoms with Crippen molar-refractivity contribution in [2.45, 2.75) is 82.1 Å². The van der Waals surface area contributed by atoms with E-state index < -0.39 is 58.1 Å². The molecule has 0 fully saturated rings. The summed E-state index contributed by atoms with van der Waals surface area (Å²) in [5.41, 5.74) is -6.72. The van der Waals surface area contributed by atoms with Gasteiger partial charge in [-0.1, -0.05) is 32.6 Å². The Morgan fingerprint density at radius 3 is 1.50 bits per heavy atom. The Labute approximate surface area is 153 Å². The average molecular weight is 462 g/mol. The minimum absolute atomic E-state index is 0.0200. The highest BCUT2D eigenvalue weighted by atomic mass is 28.4. The maximum atomic E-state index is 13.8. The molecule has 0 aliphatic carbocycles. The van der Waals surface area contributed by atoms with Crippen LogP contribution in [0.25, 0.3) is 0 Å². The second-order valence-electron chi connectivity index (χ2n) is 6.03. The number of rotatable bonds is 11. The van der Waals surface area contributed by atoms with Crippen molar-refractivity contribution in [2.75, 3.05) is 0 Å². The van der Waals surface area contributed by atoms with Gasteiger partial charge in [-0.05, 0) is 6.42 Å². The summed E-state index contributed by atoms with van der Waals surface area (Å²) in [6.45, 7) is 0.884. The predicted molar refractivity (Wildman–Crippen MR) is 73.9 cm³/mol. The van der Waals surface area contributed by atoms with Crippen LogP contribution >= 0.6 is 0 Å². The van der Waals surface area contributed by atoms with Crippen LogP contribution in [0.3, 0.4) is 0 Å². The van der Waals surface area contributed by atoms with Crippen molar-refractivity contribution in [1.29, 1.82) is 0 Å². The zero-order valence-corrected chi connectivity index (χ0v) is 15.6. The summed E-state index contributed by atoms with van der Waals surface area (Å²) < 4.78 is 163. The van der Waals surface area contributed by atoms with Crippen LogP contribution in [-0.4, -0.2) is 38.3 Å². The van der Waals surface area contributed by atoms with Crippen LogP contribution < -0.4 is 0 Å². The molecule has 0 aromatic carbocycles. The van der Waals surface area contributed by atoms with E-state index in [2.05, 4.69) is 8.85 Å². The van der Waals surface area contributed by atoms with Gasteiger partial charge in [-0.2, -0.15) is 30.7 Å². The standard InChI is InChI=1S/C13H18F12O2Si/c1-3-4-5-6-7-8-10(16,17)26-28(13(23,24)25,27-12(20,21)22)11(18,19)9(2,14)15/h3-8H2,1-2H3. The Morgan fingerprint density at radius 1 is 0.679 bits per heavy atom. The number of halogens is 12. The van der Waals surface area contributed by atoms with Crippen molar-refractivity contribution in [2.24, 2.45) is 0 Å². The molecular formula is C13H18F12O2Si. The van der Waals surface area contributed by atoms with Crippen LogP contribution in [0.4, 0.5) is 52.7 Å². The van der Waals surface area contributed by atoms with E-state index in [9.17, 15) is 52.7 Å². The Morgan fingerprint density at radius 2 is 1.14 bits per heavy atom. The minimum Gasteiger partial charge on any atom is -0.325 e. The number of hydrogen-bond acceptors (Lipinski definition) is 2. The quantitative estimate of drug-likeness (QED) is 0.190. The van der Waals surface area contributed by atoms with Gasteiger partial charge in [-0.15, -0.1) is 13.2 Å². The molecular weight excluding hydrogens is 444 g/mol. The first-order valence-corrected chi connectivity index (χ1v) is 9.71. The zero-order valence-electron chi connectivity index (χ0n) is 14.6. The molecule has 0 heterocycles. The fourth-order valence-electron chi connectivity index (χ4n) is 2.09. The summed E-state index contributed by atoms with van der Waals surface area (Å²) in [4.78, 5) is 0.